The second-order valence-corrected chi connectivity index (χ2v) is 8.75. The Labute approximate surface area is 182 Å². The van der Waals surface area contributed by atoms with E-state index < -0.39 is 10.0 Å². The van der Waals surface area contributed by atoms with Crippen LogP contribution in [0.3, 0.4) is 0 Å². The molecular weight excluding hydrogens is 495 g/mol. The molecule has 0 aliphatic rings. The van der Waals surface area contributed by atoms with E-state index in [4.69, 9.17) is 0 Å². The third kappa shape index (κ3) is 8.16. The molecule has 1 unspecified atom stereocenters. The summed E-state index contributed by atoms with van der Waals surface area (Å²) in [5, 5.41) is 10.9. The average Bonchev–Trinajstić information content (AvgIpc) is 3.17. The van der Waals surface area contributed by atoms with E-state index in [2.05, 4.69) is 44.1 Å². The number of aliphatic imine (C=N–C) groups is 1. The van der Waals surface area contributed by atoms with Crippen LogP contribution in [0, 0.1) is 0 Å². The van der Waals surface area contributed by atoms with Crippen molar-refractivity contribution in [3.05, 3.63) is 57.8 Å². The zero-order valence-corrected chi connectivity index (χ0v) is 19.7. The molecule has 0 spiro atoms. The Hall–Kier alpha value is -1.17. The van der Waals surface area contributed by atoms with Gasteiger partial charge in [0.15, 0.2) is 5.96 Å². The van der Waals surface area contributed by atoms with Crippen LogP contribution in [0.4, 0.5) is 0 Å². The van der Waals surface area contributed by atoms with Crippen LogP contribution in [0.25, 0.3) is 0 Å². The van der Waals surface area contributed by atoms with Gasteiger partial charge in [0, 0.05) is 20.1 Å². The molecule has 0 bridgehead atoms. The van der Waals surface area contributed by atoms with Gasteiger partial charge in [-0.2, -0.15) is 11.3 Å². The van der Waals surface area contributed by atoms with Crippen molar-refractivity contribution in [2.24, 2.45) is 4.99 Å². The molecule has 6 nitrogen and oxygen atoms in total. The maximum Gasteiger partial charge on any atom is 0.215 e. The summed E-state index contributed by atoms with van der Waals surface area (Å²) in [4.78, 5) is 4.24. The van der Waals surface area contributed by atoms with Gasteiger partial charge in [-0.15, -0.1) is 24.0 Å². The highest BCUT2D eigenvalue weighted by molar-refractivity contribution is 14.0. The van der Waals surface area contributed by atoms with E-state index in [9.17, 15) is 8.42 Å². The van der Waals surface area contributed by atoms with Gasteiger partial charge >= 0.3 is 0 Å². The van der Waals surface area contributed by atoms with Gasteiger partial charge in [-0.3, -0.25) is 4.99 Å². The van der Waals surface area contributed by atoms with Crippen molar-refractivity contribution < 1.29 is 8.42 Å². The monoisotopic (exact) mass is 522 g/mol. The summed E-state index contributed by atoms with van der Waals surface area (Å²) >= 11 is 1.71. The maximum absolute atomic E-state index is 11.6. The molecule has 1 aromatic heterocycles. The lowest BCUT2D eigenvalue weighted by Crippen LogP contribution is -2.38. The number of hydrogen-bond acceptors (Lipinski definition) is 4. The lowest BCUT2D eigenvalue weighted by molar-refractivity contribution is 0.587. The summed E-state index contributed by atoms with van der Waals surface area (Å²) in [7, 11) is -0.0749. The summed E-state index contributed by atoms with van der Waals surface area (Å²) in [5.74, 6) is 1.14. The first-order chi connectivity index (χ1) is 12.4. The molecule has 150 valence electrons. The van der Waals surface area contributed by atoms with Gasteiger partial charge in [-0.05, 0) is 46.5 Å². The molecule has 2 aromatic rings. The lowest BCUT2D eigenvalue weighted by atomic mass is 10.1. The van der Waals surface area contributed by atoms with Crippen LogP contribution < -0.4 is 15.4 Å². The highest BCUT2D eigenvalue weighted by atomic mass is 127. The van der Waals surface area contributed by atoms with Gasteiger partial charge in [-0.1, -0.05) is 31.2 Å². The molecule has 0 aliphatic heterocycles. The number of rotatable bonds is 8. The van der Waals surface area contributed by atoms with Crippen LogP contribution in [0.5, 0.6) is 0 Å². The van der Waals surface area contributed by atoms with E-state index >= 15 is 0 Å². The lowest BCUT2D eigenvalue weighted by Gasteiger charge is -2.15. The van der Waals surface area contributed by atoms with Crippen LogP contribution >= 0.6 is 35.3 Å². The fourth-order valence-corrected chi connectivity index (χ4v) is 3.93. The normalized spacial score (nSPS) is 12.9. The first-order valence-corrected chi connectivity index (χ1v) is 11.0. The summed E-state index contributed by atoms with van der Waals surface area (Å²) in [5.41, 5.74) is 3.14. The molecule has 0 radical (unpaired) electrons. The highest BCUT2D eigenvalue weighted by Crippen LogP contribution is 2.17. The third-order valence-corrected chi connectivity index (χ3v) is 6.10. The number of guanidine groups is 1. The molecule has 1 heterocycles. The van der Waals surface area contributed by atoms with E-state index in [-0.39, 0.29) is 29.7 Å². The number of halogens is 1. The van der Waals surface area contributed by atoms with E-state index in [0.717, 1.165) is 23.6 Å². The molecule has 0 fully saturated rings. The van der Waals surface area contributed by atoms with E-state index in [1.165, 1.54) is 12.6 Å². The van der Waals surface area contributed by atoms with Crippen LogP contribution in [-0.2, 0) is 22.3 Å². The van der Waals surface area contributed by atoms with Gasteiger partial charge in [0.25, 0.3) is 0 Å². The van der Waals surface area contributed by atoms with E-state index in [0.29, 0.717) is 12.5 Å². The first-order valence-electron chi connectivity index (χ1n) is 8.39. The van der Waals surface area contributed by atoms with Gasteiger partial charge in [0.05, 0.1) is 5.75 Å². The molecule has 27 heavy (non-hydrogen) atoms. The molecule has 9 heteroatoms. The largest absolute Gasteiger partial charge is 0.356 e. The van der Waals surface area contributed by atoms with Crippen molar-refractivity contribution in [1.29, 1.82) is 0 Å². The predicted octanol–water partition coefficient (Wildman–Crippen LogP) is 2.88. The summed E-state index contributed by atoms with van der Waals surface area (Å²) in [6.07, 6.45) is 0. The van der Waals surface area contributed by atoms with Gasteiger partial charge in [0.1, 0.15) is 0 Å². The van der Waals surface area contributed by atoms with Crippen LogP contribution in [0.2, 0.25) is 0 Å². The molecule has 0 saturated heterocycles. The molecule has 3 N–H and O–H groups in total. The van der Waals surface area contributed by atoms with E-state index in [1.54, 1.807) is 18.4 Å². The average molecular weight is 522 g/mol. The predicted molar refractivity (Wildman–Crippen MR) is 124 cm³/mol. The quantitative estimate of drug-likeness (QED) is 0.283. The highest BCUT2D eigenvalue weighted by Gasteiger charge is 2.09. The van der Waals surface area contributed by atoms with Crippen molar-refractivity contribution in [3.8, 4) is 0 Å². The third-order valence-electron chi connectivity index (χ3n) is 4.06. The number of hydrogen-bond donors (Lipinski definition) is 3. The first kappa shape index (κ1) is 23.9. The molecule has 2 rings (SSSR count). The number of nitrogens with zero attached hydrogens (tertiary/aromatic N) is 1. The molecule has 0 amide bonds. The van der Waals surface area contributed by atoms with Crippen molar-refractivity contribution >= 4 is 51.3 Å². The standard InChI is InChI=1S/C18H26N4O2S2.HI/c1-14(17-8-9-25-12-17)10-21-18(19-2)22-11-15-4-6-16(7-5-15)13-26(23,24)20-3;/h4-9,12,14,20H,10-11,13H2,1-3H3,(H2,19,21,22);1H. The number of thiophene rings is 1. The van der Waals surface area contributed by atoms with Crippen molar-refractivity contribution in [1.82, 2.24) is 15.4 Å². The number of sulfonamides is 1. The second-order valence-electron chi connectivity index (χ2n) is 6.04. The Morgan fingerprint density at radius 2 is 1.81 bits per heavy atom. The summed E-state index contributed by atoms with van der Waals surface area (Å²) in [6.45, 7) is 3.60. The molecule has 1 aromatic carbocycles. The van der Waals surface area contributed by atoms with Crippen LogP contribution in [0.1, 0.15) is 29.5 Å². The van der Waals surface area contributed by atoms with Crippen molar-refractivity contribution in [2.45, 2.75) is 25.1 Å². The Morgan fingerprint density at radius 1 is 1.15 bits per heavy atom. The fraction of sp³-hybridized carbons (Fsp3) is 0.389. The van der Waals surface area contributed by atoms with Gasteiger partial charge in [-0.25, -0.2) is 13.1 Å². The minimum Gasteiger partial charge on any atom is -0.356 e. The Bertz CT molecular complexity index is 806. The Morgan fingerprint density at radius 3 is 2.37 bits per heavy atom. The summed E-state index contributed by atoms with van der Waals surface area (Å²) in [6, 6.07) is 9.66. The van der Waals surface area contributed by atoms with Crippen LogP contribution in [0.15, 0.2) is 46.1 Å². The SMILES string of the molecule is CN=C(NCc1ccc(CS(=O)(=O)NC)cc1)NCC(C)c1ccsc1.I. The van der Waals surface area contributed by atoms with Crippen molar-refractivity contribution in [3.63, 3.8) is 0 Å². The smallest absolute Gasteiger partial charge is 0.215 e. The second kappa shape index (κ2) is 11.6. The zero-order valence-electron chi connectivity index (χ0n) is 15.7. The van der Waals surface area contributed by atoms with Gasteiger partial charge < -0.3 is 10.6 Å². The Balaban J connectivity index is 0.00000364. The maximum atomic E-state index is 11.6. The topological polar surface area (TPSA) is 82.6 Å². The molecule has 0 aliphatic carbocycles. The number of nitrogens with one attached hydrogen (secondary N) is 3. The fourth-order valence-electron chi connectivity index (χ4n) is 2.37. The zero-order chi connectivity index (χ0) is 19.0. The van der Waals surface area contributed by atoms with Crippen LogP contribution in [-0.4, -0.2) is 35.0 Å². The Kier molecular flexibility index (Phi) is 10.3. The molecular formula is C18H27IN4O2S2. The molecule has 1 atom stereocenters. The minimum atomic E-state index is -3.24. The summed E-state index contributed by atoms with van der Waals surface area (Å²) < 4.78 is 25.5. The number of benzene rings is 1. The van der Waals surface area contributed by atoms with Crippen molar-refractivity contribution in [2.75, 3.05) is 20.6 Å². The van der Waals surface area contributed by atoms with Gasteiger partial charge in [0.2, 0.25) is 10.0 Å². The minimum absolute atomic E-state index is 0. The van der Waals surface area contributed by atoms with E-state index in [1.807, 2.05) is 24.3 Å². The molecule has 0 saturated carbocycles.